The molecule has 30 heavy (non-hydrogen) atoms. The molecular formula is C23H18N2O5. The molecule has 1 saturated heterocycles. The zero-order valence-electron chi connectivity index (χ0n) is 16.4. The third kappa shape index (κ3) is 2.55. The number of hydrogen-bond donors (Lipinski definition) is 0. The molecule has 1 fully saturated rings. The van der Waals surface area contributed by atoms with Gasteiger partial charge in [0, 0.05) is 10.9 Å². The molecule has 150 valence electrons. The smallest absolute Gasteiger partial charge is 0.278 e. The molecule has 0 aromatic heterocycles. The van der Waals surface area contributed by atoms with Crippen molar-refractivity contribution in [2.75, 3.05) is 19.1 Å². The highest BCUT2D eigenvalue weighted by atomic mass is 16.7. The first kappa shape index (κ1) is 18.2. The van der Waals surface area contributed by atoms with Crippen molar-refractivity contribution in [1.29, 1.82) is 0 Å². The molecule has 2 atom stereocenters. The van der Waals surface area contributed by atoms with Crippen molar-refractivity contribution < 1.29 is 23.9 Å². The third-order valence-electron chi connectivity index (χ3n) is 5.50. The summed E-state index contributed by atoms with van der Waals surface area (Å²) in [7, 11) is 3.08. The monoisotopic (exact) mass is 402 g/mol. The Morgan fingerprint density at radius 2 is 1.73 bits per heavy atom. The molecule has 2 heterocycles. The molecule has 0 bridgehead atoms. The first-order chi connectivity index (χ1) is 14.6. The average molecular weight is 402 g/mol. The summed E-state index contributed by atoms with van der Waals surface area (Å²) < 4.78 is 10.7. The summed E-state index contributed by atoms with van der Waals surface area (Å²) in [4.78, 5) is 33.2. The van der Waals surface area contributed by atoms with Gasteiger partial charge in [0.25, 0.3) is 5.91 Å². The molecule has 5 rings (SSSR count). The highest BCUT2D eigenvalue weighted by Crippen LogP contribution is 2.39. The maximum absolute atomic E-state index is 13.5. The zero-order valence-corrected chi connectivity index (χ0v) is 16.4. The molecular weight excluding hydrogens is 384 g/mol. The van der Waals surface area contributed by atoms with Crippen LogP contribution >= 0.6 is 0 Å². The first-order valence-corrected chi connectivity index (χ1v) is 9.45. The molecule has 0 spiro atoms. The van der Waals surface area contributed by atoms with Crippen LogP contribution in [0.15, 0.2) is 65.8 Å². The molecule has 2 amide bonds. The van der Waals surface area contributed by atoms with Gasteiger partial charge in [0.1, 0.15) is 23.1 Å². The minimum absolute atomic E-state index is 0.358. The van der Waals surface area contributed by atoms with E-state index < -0.39 is 17.9 Å². The number of carbonyl (C=O) groups excluding carboxylic acids is 2. The predicted molar refractivity (Wildman–Crippen MR) is 111 cm³/mol. The number of nitrogens with zero attached hydrogens (tertiary/aromatic N) is 2. The maximum Gasteiger partial charge on any atom is 0.278 e. The summed E-state index contributed by atoms with van der Waals surface area (Å²) in [5.74, 6) is -0.552. The molecule has 7 heteroatoms. The predicted octanol–water partition coefficient (Wildman–Crippen LogP) is 3.15. The lowest BCUT2D eigenvalue weighted by molar-refractivity contribution is -0.126. The Labute approximate surface area is 172 Å². The number of benzene rings is 3. The Morgan fingerprint density at radius 3 is 2.53 bits per heavy atom. The standard InChI is InChI=1S/C23H18N2O5/c1-28-14-10-11-18(29-2)16(12-14)20-19-21(30-24-20)23(27)25(22(19)26)17-9-5-7-13-6-3-4-8-15(13)17/h3-12,19,21H,1-2H3/t19-,21-/m0/s1. The van der Waals surface area contributed by atoms with Gasteiger partial charge in [-0.3, -0.25) is 9.59 Å². The third-order valence-corrected chi connectivity index (χ3v) is 5.50. The SMILES string of the molecule is COc1ccc(OC)c(C2=NO[C@@H]3C(=O)N(c4cccc5ccccc45)C(=O)[C@@H]23)c1. The molecule has 2 aliphatic rings. The minimum atomic E-state index is -0.998. The van der Waals surface area contributed by atoms with E-state index in [0.717, 1.165) is 10.8 Å². The second kappa shape index (κ2) is 6.88. The molecule has 0 unspecified atom stereocenters. The van der Waals surface area contributed by atoms with Gasteiger partial charge in [0.2, 0.25) is 12.0 Å². The van der Waals surface area contributed by atoms with Gasteiger partial charge in [-0.15, -0.1) is 0 Å². The van der Waals surface area contributed by atoms with Gasteiger partial charge in [0.05, 0.1) is 19.9 Å². The lowest BCUT2D eigenvalue weighted by Crippen LogP contribution is -2.33. The van der Waals surface area contributed by atoms with Gasteiger partial charge in [0.15, 0.2) is 0 Å². The van der Waals surface area contributed by atoms with Crippen molar-refractivity contribution in [3.8, 4) is 11.5 Å². The van der Waals surface area contributed by atoms with Crippen LogP contribution in [-0.2, 0) is 14.4 Å². The zero-order chi connectivity index (χ0) is 20.8. The fourth-order valence-electron chi connectivity index (χ4n) is 4.06. The average Bonchev–Trinajstić information content (AvgIpc) is 3.33. The summed E-state index contributed by atoms with van der Waals surface area (Å²) in [5.41, 5.74) is 1.46. The Balaban J connectivity index is 1.59. The van der Waals surface area contributed by atoms with Gasteiger partial charge in [-0.05, 0) is 29.7 Å². The summed E-state index contributed by atoms with van der Waals surface area (Å²) in [6.45, 7) is 0. The summed E-state index contributed by atoms with van der Waals surface area (Å²) in [6.07, 6.45) is -0.998. The van der Waals surface area contributed by atoms with Gasteiger partial charge < -0.3 is 14.3 Å². The molecule has 0 aliphatic carbocycles. The molecule has 0 saturated carbocycles. The highest BCUT2D eigenvalue weighted by molar-refractivity contribution is 6.34. The van der Waals surface area contributed by atoms with E-state index in [1.165, 1.54) is 12.0 Å². The van der Waals surface area contributed by atoms with E-state index in [-0.39, 0.29) is 5.91 Å². The summed E-state index contributed by atoms with van der Waals surface area (Å²) in [5, 5.41) is 5.84. The lowest BCUT2D eigenvalue weighted by Gasteiger charge is -2.18. The maximum atomic E-state index is 13.5. The lowest BCUT2D eigenvalue weighted by atomic mass is 9.93. The Kier molecular flexibility index (Phi) is 4.17. The molecule has 0 radical (unpaired) electrons. The Morgan fingerprint density at radius 1 is 0.933 bits per heavy atom. The van der Waals surface area contributed by atoms with Crippen LogP contribution < -0.4 is 14.4 Å². The molecule has 3 aromatic rings. The minimum Gasteiger partial charge on any atom is -0.497 e. The molecule has 7 nitrogen and oxygen atoms in total. The van der Waals surface area contributed by atoms with Gasteiger partial charge >= 0.3 is 0 Å². The molecule has 0 N–H and O–H groups in total. The number of anilines is 1. The van der Waals surface area contributed by atoms with Crippen molar-refractivity contribution in [3.63, 3.8) is 0 Å². The van der Waals surface area contributed by atoms with Crippen LogP contribution in [0, 0.1) is 5.92 Å². The van der Waals surface area contributed by atoms with Crippen LogP contribution in [-0.4, -0.2) is 37.8 Å². The van der Waals surface area contributed by atoms with Crippen LogP contribution in [0.1, 0.15) is 5.56 Å². The molecule has 2 aliphatic heterocycles. The van der Waals surface area contributed by atoms with Gasteiger partial charge in [-0.25, -0.2) is 4.90 Å². The van der Waals surface area contributed by atoms with E-state index in [1.54, 1.807) is 31.4 Å². The van der Waals surface area contributed by atoms with Crippen LogP contribution in [0.2, 0.25) is 0 Å². The van der Waals surface area contributed by atoms with Crippen molar-refractivity contribution in [2.45, 2.75) is 6.10 Å². The number of oxime groups is 1. The highest BCUT2D eigenvalue weighted by Gasteiger charge is 2.56. The van der Waals surface area contributed by atoms with Gasteiger partial charge in [-0.1, -0.05) is 41.6 Å². The number of methoxy groups -OCH3 is 2. The Bertz CT molecular complexity index is 1210. The van der Waals surface area contributed by atoms with E-state index in [0.29, 0.717) is 28.5 Å². The Hall–Kier alpha value is -3.87. The van der Waals surface area contributed by atoms with E-state index in [1.807, 2.05) is 36.4 Å². The summed E-state index contributed by atoms with van der Waals surface area (Å²) >= 11 is 0. The van der Waals surface area contributed by atoms with E-state index in [9.17, 15) is 9.59 Å². The van der Waals surface area contributed by atoms with Gasteiger partial charge in [-0.2, -0.15) is 0 Å². The van der Waals surface area contributed by atoms with Crippen LogP contribution in [0.5, 0.6) is 11.5 Å². The number of fused-ring (bicyclic) bond motifs is 2. The number of carbonyl (C=O) groups is 2. The van der Waals surface area contributed by atoms with Crippen LogP contribution in [0.4, 0.5) is 5.69 Å². The topological polar surface area (TPSA) is 77.4 Å². The van der Waals surface area contributed by atoms with Crippen molar-refractivity contribution in [3.05, 3.63) is 66.2 Å². The van der Waals surface area contributed by atoms with E-state index >= 15 is 0 Å². The normalized spacial score (nSPS) is 20.2. The summed E-state index contributed by atoms with van der Waals surface area (Å²) in [6, 6.07) is 18.4. The van der Waals surface area contributed by atoms with Crippen molar-refractivity contribution in [1.82, 2.24) is 0 Å². The first-order valence-electron chi connectivity index (χ1n) is 9.45. The van der Waals surface area contributed by atoms with Crippen molar-refractivity contribution >= 4 is 34.0 Å². The second-order valence-corrected chi connectivity index (χ2v) is 7.06. The number of amides is 2. The fourth-order valence-corrected chi connectivity index (χ4v) is 4.06. The van der Waals surface area contributed by atoms with Crippen LogP contribution in [0.3, 0.4) is 0 Å². The largest absolute Gasteiger partial charge is 0.497 e. The van der Waals surface area contributed by atoms with E-state index in [2.05, 4.69) is 5.16 Å². The number of imide groups is 1. The van der Waals surface area contributed by atoms with Crippen LogP contribution in [0.25, 0.3) is 10.8 Å². The quantitative estimate of drug-likeness (QED) is 0.627. The van der Waals surface area contributed by atoms with E-state index in [4.69, 9.17) is 14.3 Å². The number of ether oxygens (including phenoxy) is 2. The van der Waals surface area contributed by atoms with Crippen molar-refractivity contribution in [2.24, 2.45) is 11.1 Å². The molecule has 3 aromatic carbocycles. The number of hydrogen-bond acceptors (Lipinski definition) is 6. The second-order valence-electron chi connectivity index (χ2n) is 7.06. The fraction of sp³-hybridized carbons (Fsp3) is 0.174. The number of rotatable bonds is 4.